The highest BCUT2D eigenvalue weighted by Crippen LogP contribution is 2.23. The van der Waals surface area contributed by atoms with Gasteiger partial charge in [0.15, 0.2) is 6.10 Å². The van der Waals surface area contributed by atoms with Gasteiger partial charge in [-0.05, 0) is 12.1 Å². The summed E-state index contributed by atoms with van der Waals surface area (Å²) >= 11 is 0. The number of phenols is 1. The van der Waals surface area contributed by atoms with Crippen LogP contribution in [-0.4, -0.2) is 47.0 Å². The van der Waals surface area contributed by atoms with E-state index < -0.39 is 18.0 Å². The van der Waals surface area contributed by atoms with Crippen LogP contribution in [0.15, 0.2) is 18.2 Å². The Morgan fingerprint density at radius 3 is 2.63 bits per heavy atom. The maximum atomic E-state index is 11.7. The summed E-state index contributed by atoms with van der Waals surface area (Å²) in [6.45, 7) is -0.0161. The first-order chi connectivity index (χ1) is 8.95. The van der Waals surface area contributed by atoms with Gasteiger partial charge in [0.1, 0.15) is 11.5 Å². The number of carboxylic acid groups (broad SMARTS) is 1. The third kappa shape index (κ3) is 4.14. The van der Waals surface area contributed by atoms with Gasteiger partial charge in [0, 0.05) is 19.0 Å². The first-order valence-corrected chi connectivity index (χ1v) is 5.51. The number of rotatable bonds is 6. The van der Waals surface area contributed by atoms with Crippen LogP contribution >= 0.6 is 0 Å². The zero-order valence-corrected chi connectivity index (χ0v) is 10.3. The molecule has 0 saturated carbocycles. The van der Waals surface area contributed by atoms with Crippen molar-refractivity contribution >= 4 is 11.9 Å². The molecule has 1 atom stereocenters. The second kappa shape index (κ2) is 6.60. The minimum Gasteiger partial charge on any atom is -0.507 e. The van der Waals surface area contributed by atoms with Crippen molar-refractivity contribution in [3.8, 4) is 11.5 Å². The Morgan fingerprint density at radius 1 is 1.42 bits per heavy atom. The van der Waals surface area contributed by atoms with Gasteiger partial charge < -0.3 is 25.4 Å². The van der Waals surface area contributed by atoms with Crippen LogP contribution in [0.25, 0.3) is 0 Å². The third-order valence-electron chi connectivity index (χ3n) is 2.44. The molecule has 0 saturated heterocycles. The highest BCUT2D eigenvalue weighted by Gasteiger charge is 2.15. The number of ether oxygens (including phenoxy) is 1. The quantitative estimate of drug-likeness (QED) is 0.576. The molecule has 0 aliphatic heterocycles. The number of methoxy groups -OCH3 is 1. The summed E-state index contributed by atoms with van der Waals surface area (Å²) in [4.78, 5) is 22.0. The molecule has 0 unspecified atom stereocenters. The van der Waals surface area contributed by atoms with E-state index >= 15 is 0 Å². The largest absolute Gasteiger partial charge is 0.507 e. The van der Waals surface area contributed by atoms with Crippen LogP contribution in [0.4, 0.5) is 0 Å². The topological polar surface area (TPSA) is 116 Å². The van der Waals surface area contributed by atoms with Crippen molar-refractivity contribution in [1.29, 1.82) is 0 Å². The Bertz CT molecular complexity index is 473. The van der Waals surface area contributed by atoms with Crippen molar-refractivity contribution in [3.63, 3.8) is 0 Å². The molecule has 1 aromatic carbocycles. The van der Waals surface area contributed by atoms with Gasteiger partial charge in [-0.2, -0.15) is 0 Å². The monoisotopic (exact) mass is 269 g/mol. The number of nitrogens with one attached hydrogen (secondary N) is 1. The molecule has 0 fully saturated rings. The number of carbonyl (C=O) groups is 2. The minimum atomic E-state index is -1.52. The smallest absolute Gasteiger partial charge is 0.332 e. The molecule has 1 aromatic rings. The lowest BCUT2D eigenvalue weighted by Gasteiger charge is -2.09. The van der Waals surface area contributed by atoms with Gasteiger partial charge in [0.05, 0.1) is 12.7 Å². The lowest BCUT2D eigenvalue weighted by atomic mass is 10.1. The molecule has 19 heavy (non-hydrogen) atoms. The number of phenolic OH excluding ortho intramolecular Hbond substituents is 1. The van der Waals surface area contributed by atoms with Crippen molar-refractivity contribution < 1.29 is 29.6 Å². The molecule has 0 aliphatic carbocycles. The second-order valence-corrected chi connectivity index (χ2v) is 3.78. The van der Waals surface area contributed by atoms with Gasteiger partial charge in [0.25, 0.3) is 5.91 Å². The van der Waals surface area contributed by atoms with E-state index in [0.717, 1.165) is 0 Å². The van der Waals surface area contributed by atoms with E-state index in [0.29, 0.717) is 5.75 Å². The second-order valence-electron chi connectivity index (χ2n) is 3.78. The predicted octanol–water partition coefficient (Wildman–Crippen LogP) is -0.0338. The van der Waals surface area contributed by atoms with Crippen molar-refractivity contribution in [2.75, 3.05) is 13.7 Å². The number of hydrogen-bond donors (Lipinski definition) is 4. The average Bonchev–Trinajstić information content (AvgIpc) is 2.37. The molecular weight excluding hydrogens is 254 g/mol. The zero-order valence-electron chi connectivity index (χ0n) is 10.3. The van der Waals surface area contributed by atoms with Crippen molar-refractivity contribution in [3.05, 3.63) is 23.8 Å². The maximum Gasteiger partial charge on any atom is 0.332 e. The number of amides is 1. The molecule has 0 radical (unpaired) electrons. The van der Waals surface area contributed by atoms with E-state index in [9.17, 15) is 14.7 Å². The molecule has 0 spiro atoms. The number of aliphatic carboxylic acids is 1. The SMILES string of the molecule is COc1ccc(C(=O)NCC[C@H](O)C(=O)O)c(O)c1. The fourth-order valence-corrected chi connectivity index (χ4v) is 1.37. The predicted molar refractivity (Wildman–Crippen MR) is 65.3 cm³/mol. The summed E-state index contributed by atoms with van der Waals surface area (Å²) in [5.74, 6) is -1.73. The molecule has 104 valence electrons. The fraction of sp³-hybridized carbons (Fsp3) is 0.333. The fourth-order valence-electron chi connectivity index (χ4n) is 1.37. The summed E-state index contributed by atoms with van der Waals surface area (Å²) in [5.41, 5.74) is 0.0469. The van der Waals surface area contributed by atoms with Crippen molar-refractivity contribution in [1.82, 2.24) is 5.32 Å². The van der Waals surface area contributed by atoms with Gasteiger partial charge >= 0.3 is 5.97 Å². The van der Waals surface area contributed by atoms with E-state index in [2.05, 4.69) is 5.32 Å². The third-order valence-corrected chi connectivity index (χ3v) is 2.44. The highest BCUT2D eigenvalue weighted by atomic mass is 16.5. The van der Waals surface area contributed by atoms with Crippen LogP contribution in [0.1, 0.15) is 16.8 Å². The van der Waals surface area contributed by atoms with Crippen molar-refractivity contribution in [2.24, 2.45) is 0 Å². The summed E-state index contributed by atoms with van der Waals surface area (Å²) in [5, 5.41) is 29.5. The van der Waals surface area contributed by atoms with Gasteiger partial charge in [0.2, 0.25) is 0 Å². The Morgan fingerprint density at radius 2 is 2.11 bits per heavy atom. The van der Waals surface area contributed by atoms with E-state index in [4.69, 9.17) is 14.9 Å². The van der Waals surface area contributed by atoms with E-state index in [-0.39, 0.29) is 24.3 Å². The zero-order chi connectivity index (χ0) is 14.4. The number of carbonyl (C=O) groups excluding carboxylic acids is 1. The van der Waals surface area contributed by atoms with Gasteiger partial charge in [-0.25, -0.2) is 4.79 Å². The van der Waals surface area contributed by atoms with Crippen LogP contribution in [-0.2, 0) is 4.79 Å². The van der Waals surface area contributed by atoms with E-state index in [1.54, 1.807) is 0 Å². The molecule has 0 aliphatic rings. The van der Waals surface area contributed by atoms with Crippen LogP contribution in [0.2, 0.25) is 0 Å². The molecular formula is C12H15NO6. The molecule has 0 heterocycles. The summed E-state index contributed by atoms with van der Waals surface area (Å²) in [6.07, 6.45) is -1.64. The number of aliphatic hydroxyl groups excluding tert-OH is 1. The number of hydrogen-bond acceptors (Lipinski definition) is 5. The Kier molecular flexibility index (Phi) is 5.13. The molecule has 0 bridgehead atoms. The Balaban J connectivity index is 2.57. The van der Waals surface area contributed by atoms with Gasteiger partial charge in [-0.1, -0.05) is 0 Å². The lowest BCUT2D eigenvalue weighted by Crippen LogP contribution is -2.30. The molecule has 7 heteroatoms. The summed E-state index contributed by atoms with van der Waals surface area (Å²) in [7, 11) is 1.43. The van der Waals surface area contributed by atoms with E-state index in [1.165, 1.54) is 25.3 Å². The number of carboxylic acids is 1. The molecule has 1 rings (SSSR count). The lowest BCUT2D eigenvalue weighted by molar-refractivity contribution is -0.146. The molecule has 7 nitrogen and oxygen atoms in total. The first-order valence-electron chi connectivity index (χ1n) is 5.51. The van der Waals surface area contributed by atoms with Crippen molar-refractivity contribution in [2.45, 2.75) is 12.5 Å². The van der Waals surface area contributed by atoms with Crippen LogP contribution in [0, 0.1) is 0 Å². The van der Waals surface area contributed by atoms with Gasteiger partial charge in [-0.3, -0.25) is 4.79 Å². The van der Waals surface area contributed by atoms with Gasteiger partial charge in [-0.15, -0.1) is 0 Å². The standard InChI is InChI=1S/C12H15NO6/c1-19-7-2-3-8(10(15)6-7)11(16)13-5-4-9(14)12(17)18/h2-3,6,9,14-15H,4-5H2,1H3,(H,13,16)(H,17,18)/t9-/m0/s1. The van der Waals surface area contributed by atoms with Crippen LogP contribution in [0.5, 0.6) is 11.5 Å². The van der Waals surface area contributed by atoms with E-state index in [1.807, 2.05) is 0 Å². The Labute approximate surface area is 109 Å². The molecule has 4 N–H and O–H groups in total. The Hall–Kier alpha value is -2.28. The maximum absolute atomic E-state index is 11.7. The number of aliphatic hydroxyl groups is 1. The molecule has 1 amide bonds. The highest BCUT2D eigenvalue weighted by molar-refractivity contribution is 5.97. The summed E-state index contributed by atoms with van der Waals surface area (Å²) in [6, 6.07) is 4.19. The van der Waals surface area contributed by atoms with Crippen LogP contribution < -0.4 is 10.1 Å². The minimum absolute atomic E-state index is 0.0161. The van der Waals surface area contributed by atoms with Crippen LogP contribution in [0.3, 0.4) is 0 Å². The number of aromatic hydroxyl groups is 1. The summed E-state index contributed by atoms with van der Waals surface area (Å²) < 4.78 is 4.88. The number of benzene rings is 1. The normalized spacial score (nSPS) is 11.7. The average molecular weight is 269 g/mol. The first kappa shape index (κ1) is 14.8. The molecule has 0 aromatic heterocycles.